The molecule has 80 heavy (non-hydrogen) atoms. The highest BCUT2D eigenvalue weighted by Gasteiger charge is 2.46. The highest BCUT2D eigenvalue weighted by molar-refractivity contribution is 6.02. The Morgan fingerprint density at radius 1 is 0.825 bits per heavy atom. The van der Waals surface area contributed by atoms with Crippen molar-refractivity contribution in [3.05, 3.63) is 127 Å². The molecule has 3 aromatic carbocycles. The first-order chi connectivity index (χ1) is 38.4. The second-order valence-corrected chi connectivity index (χ2v) is 20.2. The van der Waals surface area contributed by atoms with Crippen molar-refractivity contribution in [2.45, 2.75) is 115 Å². The minimum absolute atomic E-state index is 0.0416. The van der Waals surface area contributed by atoms with E-state index in [-0.39, 0.29) is 87.3 Å². The van der Waals surface area contributed by atoms with E-state index >= 15 is 4.39 Å². The van der Waals surface area contributed by atoms with Gasteiger partial charge in [-0.05, 0) is 85.0 Å². The molecule has 0 bridgehead atoms. The number of rotatable bonds is 21. The number of imide groups is 1. The predicted molar refractivity (Wildman–Crippen MR) is 284 cm³/mol. The van der Waals surface area contributed by atoms with Crippen molar-refractivity contribution in [2.24, 2.45) is 0 Å². The number of halogens is 1. The third-order valence-corrected chi connectivity index (χ3v) is 15.0. The number of aromatic nitrogens is 2. The monoisotopic (exact) mass is 1100 g/mol. The highest BCUT2D eigenvalue weighted by Crippen LogP contribution is 2.46. The molecule has 1 fully saturated rings. The van der Waals surface area contributed by atoms with Gasteiger partial charge in [-0.1, -0.05) is 55.8 Å². The lowest BCUT2D eigenvalue weighted by Gasteiger charge is -2.31. The zero-order valence-corrected chi connectivity index (χ0v) is 44.1. The van der Waals surface area contributed by atoms with Crippen LogP contribution in [0.4, 0.5) is 14.9 Å². The van der Waals surface area contributed by atoms with Crippen LogP contribution in [0.25, 0.3) is 22.3 Å². The Hall–Kier alpha value is -8.86. The second-order valence-electron chi connectivity index (χ2n) is 20.2. The van der Waals surface area contributed by atoms with E-state index < -0.39 is 77.8 Å². The minimum Gasteiger partial charge on any atom is -0.458 e. The maximum atomic E-state index is 15.4. The van der Waals surface area contributed by atoms with Gasteiger partial charge in [-0.25, -0.2) is 19.0 Å². The zero-order chi connectivity index (χ0) is 56.8. The van der Waals surface area contributed by atoms with Crippen molar-refractivity contribution < 1.29 is 62.1 Å². The number of hydrogen-bond donors (Lipinski definition) is 7. The van der Waals surface area contributed by atoms with Gasteiger partial charge in [0.1, 0.15) is 25.1 Å². The summed E-state index contributed by atoms with van der Waals surface area (Å²) in [4.78, 5) is 134. The molecular formula is C57H60FN9O13. The standard InChI is InChI=1S/C57H60FN9O13/c1-3-57(78)38-23-43-52-36(28-67(43)54(75)37(38)30-79-55(57)76)51-40(18-17-35-31(2)39(58)24-41(64-52)50(35)51)65-56(77)80-29-33-13-15-34(16-14-33)62-46(70)27-61-53(74)42(22-32-10-6-4-7-11-32)63-47(71)26-60-45(69)25-59-44(68)12-8-5-9-21-66-48(72)19-20-49(66)73/h4,6-7,10-11,13-16,23-24,40,42,78H,3,5,8-9,12,17-22,25-30H2,1-2H3,(H,59,68)(H,60,69)(H,61,74)(H,62,70)(H,63,71)(H,65,77)/t40-,42-,57-/m0/s1. The highest BCUT2D eigenvalue weighted by atomic mass is 19.1. The molecule has 0 radical (unpaired) electrons. The molecule has 3 atom stereocenters. The number of anilines is 1. The Balaban J connectivity index is 0.751. The van der Waals surface area contributed by atoms with Crippen molar-refractivity contribution in [1.82, 2.24) is 41.0 Å². The number of fused-ring (bicyclic) bond motifs is 5. The molecule has 418 valence electrons. The van der Waals surface area contributed by atoms with E-state index in [1.54, 1.807) is 74.5 Å². The van der Waals surface area contributed by atoms with Crippen molar-refractivity contribution in [2.75, 3.05) is 31.5 Å². The van der Waals surface area contributed by atoms with E-state index in [2.05, 4.69) is 31.9 Å². The van der Waals surface area contributed by atoms with E-state index in [0.29, 0.717) is 94.4 Å². The second kappa shape index (κ2) is 24.0. The lowest BCUT2D eigenvalue weighted by molar-refractivity contribution is -0.172. The molecule has 9 rings (SSSR count). The van der Waals surface area contributed by atoms with E-state index in [1.807, 2.05) is 0 Å². The van der Waals surface area contributed by atoms with Gasteiger partial charge in [0.2, 0.25) is 41.4 Å². The number of aliphatic hydroxyl groups is 1. The summed E-state index contributed by atoms with van der Waals surface area (Å²) >= 11 is 0. The Morgan fingerprint density at radius 3 is 2.27 bits per heavy atom. The normalized spacial score (nSPS) is 17.1. The van der Waals surface area contributed by atoms with E-state index in [9.17, 15) is 53.1 Å². The average Bonchev–Trinajstić information content (AvgIpc) is 4.14. The summed E-state index contributed by atoms with van der Waals surface area (Å²) in [6.07, 6.45) is 2.29. The number of pyridine rings is 2. The zero-order valence-electron chi connectivity index (χ0n) is 44.1. The number of carbonyl (C=O) groups excluding carboxylic acids is 9. The third-order valence-electron chi connectivity index (χ3n) is 15.0. The maximum absolute atomic E-state index is 15.4. The molecule has 0 unspecified atom stereocenters. The number of carbonyl (C=O) groups is 9. The SMILES string of the molecule is CC[C@@]1(O)C(=O)OCc2c1cc1n(c2=O)Cc2c-1nc1cc(F)c(C)c3c1c2[C@@H](NC(=O)OCc1ccc(NC(=O)CNC(=O)[C@H](Cc2ccccc2)NC(=O)CNC(=O)CNC(=O)CCCCCN2C(=O)CCC2=O)cc1)CC3. The number of aryl methyl sites for hydroxylation is 1. The van der Waals surface area contributed by atoms with Crippen LogP contribution in [0.5, 0.6) is 0 Å². The number of ether oxygens (including phenoxy) is 2. The largest absolute Gasteiger partial charge is 0.458 e. The molecule has 0 saturated carbocycles. The molecule has 4 aliphatic rings. The average molecular weight is 1100 g/mol. The van der Waals surface area contributed by atoms with Gasteiger partial charge in [-0.2, -0.15) is 0 Å². The van der Waals surface area contributed by atoms with Crippen LogP contribution in [-0.4, -0.2) is 105 Å². The number of likely N-dealkylation sites (tertiary alicyclic amines) is 1. The Morgan fingerprint density at radius 2 is 1.54 bits per heavy atom. The van der Waals surface area contributed by atoms with Gasteiger partial charge in [0.15, 0.2) is 5.60 Å². The van der Waals surface area contributed by atoms with Crippen molar-refractivity contribution >= 4 is 70.0 Å². The number of benzene rings is 3. The third kappa shape index (κ3) is 12.1. The summed E-state index contributed by atoms with van der Waals surface area (Å²) in [5.74, 6) is -4.66. The number of alkyl carbamates (subject to hydrolysis) is 1. The van der Waals surface area contributed by atoms with Crippen LogP contribution in [0.1, 0.15) is 109 Å². The molecule has 3 aliphatic heterocycles. The molecule has 23 heteroatoms. The predicted octanol–water partition coefficient (Wildman–Crippen LogP) is 3.16. The van der Waals surface area contributed by atoms with E-state index in [1.165, 1.54) is 15.5 Å². The van der Waals surface area contributed by atoms with Gasteiger partial charge in [-0.15, -0.1) is 0 Å². The molecule has 5 aromatic rings. The first-order valence-electron chi connectivity index (χ1n) is 26.5. The van der Waals surface area contributed by atoms with Gasteiger partial charge in [0.05, 0.1) is 54.7 Å². The van der Waals surface area contributed by atoms with Crippen LogP contribution in [-0.2, 0) is 86.0 Å². The van der Waals surface area contributed by atoms with Crippen molar-refractivity contribution in [3.8, 4) is 11.4 Å². The van der Waals surface area contributed by atoms with Crippen LogP contribution < -0.4 is 37.5 Å². The molecule has 8 amide bonds. The molecule has 1 saturated heterocycles. The number of hydrogen-bond acceptors (Lipinski definition) is 14. The van der Waals surface area contributed by atoms with Crippen molar-refractivity contribution in [3.63, 3.8) is 0 Å². The van der Waals surface area contributed by atoms with Gasteiger partial charge in [0.25, 0.3) is 5.56 Å². The molecular weight excluding hydrogens is 1040 g/mol. The van der Waals surface area contributed by atoms with Crippen LogP contribution >= 0.6 is 0 Å². The quantitative estimate of drug-likeness (QED) is 0.0310. The maximum Gasteiger partial charge on any atom is 0.407 e. The topological polar surface area (TPSA) is 303 Å². The summed E-state index contributed by atoms with van der Waals surface area (Å²) in [7, 11) is 0. The number of esters is 1. The molecule has 1 aliphatic carbocycles. The van der Waals surface area contributed by atoms with Gasteiger partial charge >= 0.3 is 12.1 Å². The van der Waals surface area contributed by atoms with Crippen LogP contribution in [0.3, 0.4) is 0 Å². The summed E-state index contributed by atoms with van der Waals surface area (Å²) in [5, 5.41) is 27.8. The lowest BCUT2D eigenvalue weighted by atomic mass is 9.81. The summed E-state index contributed by atoms with van der Waals surface area (Å²) in [6.45, 7) is 1.85. The number of amides is 8. The van der Waals surface area contributed by atoms with E-state index in [4.69, 9.17) is 14.5 Å². The molecule has 2 aromatic heterocycles. The molecule has 22 nitrogen and oxygen atoms in total. The Bertz CT molecular complexity index is 3390. The molecule has 5 heterocycles. The van der Waals surface area contributed by atoms with Crippen LogP contribution in [0.15, 0.2) is 71.5 Å². The fraction of sp³-hybridized carbons (Fsp3) is 0.386. The Kier molecular flexibility index (Phi) is 16.8. The number of unbranched alkanes of at least 4 members (excludes halogenated alkanes) is 2. The first-order valence-corrected chi connectivity index (χ1v) is 26.5. The lowest BCUT2D eigenvalue weighted by Crippen LogP contribution is -2.52. The molecule has 7 N–H and O–H groups in total. The minimum atomic E-state index is -2.04. The first kappa shape index (κ1) is 55.9. The van der Waals surface area contributed by atoms with E-state index in [0.717, 1.165) is 5.56 Å². The van der Waals surface area contributed by atoms with Crippen LogP contribution in [0.2, 0.25) is 0 Å². The summed E-state index contributed by atoms with van der Waals surface area (Å²) < 4.78 is 27.8. The number of nitrogens with one attached hydrogen (secondary N) is 6. The summed E-state index contributed by atoms with van der Waals surface area (Å²) in [5.41, 5.74) is 2.95. The van der Waals surface area contributed by atoms with Gasteiger partial charge < -0.3 is 51.0 Å². The summed E-state index contributed by atoms with van der Waals surface area (Å²) in [6, 6.07) is 16.4. The van der Waals surface area contributed by atoms with Gasteiger partial charge in [-0.3, -0.25) is 43.3 Å². The fourth-order valence-corrected chi connectivity index (χ4v) is 10.6. The smallest absolute Gasteiger partial charge is 0.407 e. The van der Waals surface area contributed by atoms with Gasteiger partial charge in [0, 0.05) is 60.5 Å². The number of cyclic esters (lactones) is 1. The Labute approximate surface area is 457 Å². The fourth-order valence-electron chi connectivity index (χ4n) is 10.6. The van der Waals surface area contributed by atoms with Crippen molar-refractivity contribution in [1.29, 1.82) is 0 Å². The number of nitrogens with zero attached hydrogens (tertiary/aromatic N) is 3. The van der Waals surface area contributed by atoms with Crippen LogP contribution in [0, 0.1) is 12.7 Å². The molecule has 0 spiro atoms.